The van der Waals surface area contributed by atoms with Crippen molar-refractivity contribution in [3.63, 3.8) is 0 Å². The van der Waals surface area contributed by atoms with Crippen molar-refractivity contribution in [3.8, 4) is 6.07 Å². The van der Waals surface area contributed by atoms with Gasteiger partial charge in [-0.3, -0.25) is 4.98 Å². The molecule has 3 aromatic rings. The summed E-state index contributed by atoms with van der Waals surface area (Å²) in [5.41, 5.74) is 19.5. The molecular formula is C37H42N4. The fourth-order valence-electron chi connectivity index (χ4n) is 6.64. The summed E-state index contributed by atoms with van der Waals surface area (Å²) in [6, 6.07) is 19.6. The summed E-state index contributed by atoms with van der Waals surface area (Å²) >= 11 is 0. The average molecular weight is 543 g/mol. The molecule has 2 aliphatic rings. The molecule has 3 unspecified atom stereocenters. The number of hydrogen-bond donors (Lipinski definition) is 1. The maximum absolute atomic E-state index is 10.2. The Bertz CT molecular complexity index is 1570. The minimum absolute atomic E-state index is 0.116. The van der Waals surface area contributed by atoms with Gasteiger partial charge in [0.2, 0.25) is 0 Å². The van der Waals surface area contributed by atoms with Crippen molar-refractivity contribution in [2.24, 2.45) is 5.92 Å². The first-order valence-electron chi connectivity index (χ1n) is 14.8. The molecule has 1 aliphatic carbocycles. The molecule has 0 saturated heterocycles. The van der Waals surface area contributed by atoms with Crippen LogP contribution in [0.5, 0.6) is 0 Å². The van der Waals surface area contributed by atoms with Crippen molar-refractivity contribution in [2.45, 2.75) is 65.7 Å². The second-order valence-electron chi connectivity index (χ2n) is 12.1. The Hall–Kier alpha value is -4.10. The number of fused-ring (bicyclic) bond motifs is 1. The molecule has 41 heavy (non-hydrogen) atoms. The van der Waals surface area contributed by atoms with Gasteiger partial charge in [0, 0.05) is 48.1 Å². The molecule has 0 radical (unpaired) electrons. The van der Waals surface area contributed by atoms with Crippen LogP contribution >= 0.6 is 0 Å². The normalized spacial score (nSPS) is 19.4. The lowest BCUT2D eigenvalue weighted by Crippen LogP contribution is -2.25. The Balaban J connectivity index is 1.46. The van der Waals surface area contributed by atoms with E-state index in [-0.39, 0.29) is 17.8 Å². The van der Waals surface area contributed by atoms with Crippen LogP contribution in [0.4, 0.5) is 11.4 Å². The van der Waals surface area contributed by atoms with Crippen molar-refractivity contribution in [3.05, 3.63) is 112 Å². The standard InChI is InChI=1S/C37H42N4/c1-23(2)32-10-7-11-33(36(32)39)27(6)35-26(5)25(4)19-34-29(22-38)21-30(40-37(34)35)20-28-9-8-17-41(18-16-28)31-14-12-24(3)13-15-31/h7,9-15,19,21,26-27,35H,1,8,16-18,20,39H2,2-6H3. The van der Waals surface area contributed by atoms with Crippen molar-refractivity contribution in [1.29, 1.82) is 5.26 Å². The number of nitrogen functional groups attached to an aromatic ring is 1. The van der Waals surface area contributed by atoms with Gasteiger partial charge in [0.1, 0.15) is 0 Å². The Labute approximate surface area is 245 Å². The van der Waals surface area contributed by atoms with Crippen LogP contribution < -0.4 is 10.6 Å². The molecule has 2 heterocycles. The number of allylic oxidation sites excluding steroid dienone is 2. The van der Waals surface area contributed by atoms with E-state index in [0.717, 1.165) is 71.7 Å². The quantitative estimate of drug-likeness (QED) is 0.250. The van der Waals surface area contributed by atoms with Gasteiger partial charge in [0.05, 0.1) is 17.3 Å². The number of anilines is 2. The molecule has 1 aliphatic heterocycles. The third-order valence-corrected chi connectivity index (χ3v) is 9.18. The zero-order valence-corrected chi connectivity index (χ0v) is 25.2. The number of para-hydroxylation sites is 1. The second-order valence-corrected chi connectivity index (χ2v) is 12.1. The minimum atomic E-state index is 0.116. The first kappa shape index (κ1) is 28.4. The lowest BCUT2D eigenvalue weighted by atomic mass is 9.69. The summed E-state index contributed by atoms with van der Waals surface area (Å²) in [5, 5.41) is 10.2. The maximum Gasteiger partial charge on any atom is 0.0999 e. The first-order valence-corrected chi connectivity index (χ1v) is 14.8. The van der Waals surface area contributed by atoms with E-state index < -0.39 is 0 Å². The highest BCUT2D eigenvalue weighted by Crippen LogP contribution is 2.48. The fourth-order valence-corrected chi connectivity index (χ4v) is 6.64. The number of aryl methyl sites for hydroxylation is 1. The van der Waals surface area contributed by atoms with Crippen molar-refractivity contribution >= 4 is 23.0 Å². The molecule has 210 valence electrons. The summed E-state index contributed by atoms with van der Waals surface area (Å²) in [5.74, 6) is 0.519. The minimum Gasteiger partial charge on any atom is -0.398 e. The monoisotopic (exact) mass is 542 g/mol. The molecule has 2 aromatic carbocycles. The van der Waals surface area contributed by atoms with Crippen LogP contribution in [0.3, 0.4) is 0 Å². The topological polar surface area (TPSA) is 65.9 Å². The van der Waals surface area contributed by atoms with Crippen LogP contribution in [0.1, 0.15) is 91.6 Å². The Morgan fingerprint density at radius 3 is 2.63 bits per heavy atom. The molecule has 4 nitrogen and oxygen atoms in total. The zero-order valence-electron chi connectivity index (χ0n) is 25.2. The highest BCUT2D eigenvalue weighted by molar-refractivity contribution is 5.75. The van der Waals surface area contributed by atoms with Gasteiger partial charge in [-0.1, -0.05) is 79.6 Å². The average Bonchev–Trinajstić information content (AvgIpc) is 3.19. The number of benzene rings is 2. The summed E-state index contributed by atoms with van der Waals surface area (Å²) in [6.45, 7) is 17.0. The van der Waals surface area contributed by atoms with Crippen LogP contribution in [0.15, 0.2) is 72.3 Å². The van der Waals surface area contributed by atoms with Gasteiger partial charge in [-0.2, -0.15) is 5.26 Å². The van der Waals surface area contributed by atoms with Crippen LogP contribution in [0, 0.1) is 24.2 Å². The fraction of sp³-hybridized carbons (Fsp3) is 0.351. The van der Waals surface area contributed by atoms with Crippen molar-refractivity contribution < 1.29 is 0 Å². The highest BCUT2D eigenvalue weighted by atomic mass is 15.1. The van der Waals surface area contributed by atoms with Gasteiger partial charge >= 0.3 is 0 Å². The Morgan fingerprint density at radius 2 is 1.93 bits per heavy atom. The Morgan fingerprint density at radius 1 is 1.17 bits per heavy atom. The van der Waals surface area contributed by atoms with E-state index in [0.29, 0.717) is 5.56 Å². The van der Waals surface area contributed by atoms with E-state index in [9.17, 15) is 5.26 Å². The molecule has 5 rings (SSSR count). The van der Waals surface area contributed by atoms with Gasteiger partial charge < -0.3 is 10.6 Å². The van der Waals surface area contributed by atoms with Gasteiger partial charge in [-0.25, -0.2) is 0 Å². The summed E-state index contributed by atoms with van der Waals surface area (Å²) in [6.07, 6.45) is 7.34. The molecule has 0 saturated carbocycles. The molecule has 0 spiro atoms. The first-order chi connectivity index (χ1) is 19.7. The third-order valence-electron chi connectivity index (χ3n) is 9.18. The lowest BCUT2D eigenvalue weighted by Gasteiger charge is -2.36. The summed E-state index contributed by atoms with van der Waals surface area (Å²) < 4.78 is 0. The number of hydrogen-bond acceptors (Lipinski definition) is 4. The molecule has 3 atom stereocenters. The molecule has 4 heteroatoms. The zero-order chi connectivity index (χ0) is 29.3. The van der Waals surface area contributed by atoms with E-state index in [1.54, 1.807) is 0 Å². The van der Waals surface area contributed by atoms with Gasteiger partial charge in [0.15, 0.2) is 0 Å². The van der Waals surface area contributed by atoms with Gasteiger partial charge in [0.25, 0.3) is 0 Å². The van der Waals surface area contributed by atoms with Gasteiger partial charge in [-0.05, 0) is 80.3 Å². The predicted octanol–water partition coefficient (Wildman–Crippen LogP) is 8.59. The number of nitriles is 1. The van der Waals surface area contributed by atoms with E-state index in [4.69, 9.17) is 10.7 Å². The van der Waals surface area contributed by atoms with E-state index >= 15 is 0 Å². The lowest BCUT2D eigenvalue weighted by molar-refractivity contribution is 0.441. The molecule has 0 amide bonds. The molecule has 0 fully saturated rings. The second kappa shape index (κ2) is 11.8. The number of nitrogens with zero attached hydrogens (tertiary/aromatic N) is 3. The number of aromatic nitrogens is 1. The summed E-state index contributed by atoms with van der Waals surface area (Å²) in [4.78, 5) is 7.80. The number of rotatable bonds is 6. The highest BCUT2D eigenvalue weighted by Gasteiger charge is 2.35. The van der Waals surface area contributed by atoms with E-state index in [1.165, 1.54) is 22.4 Å². The molecule has 1 aromatic heterocycles. The van der Waals surface area contributed by atoms with Crippen LogP contribution in [-0.2, 0) is 6.42 Å². The number of pyridine rings is 1. The van der Waals surface area contributed by atoms with E-state index in [2.05, 4.69) is 93.8 Å². The third kappa shape index (κ3) is 5.72. The summed E-state index contributed by atoms with van der Waals surface area (Å²) in [7, 11) is 0. The van der Waals surface area contributed by atoms with Crippen molar-refractivity contribution in [1.82, 2.24) is 4.98 Å². The molecule has 0 bridgehead atoms. The van der Waals surface area contributed by atoms with E-state index in [1.807, 2.05) is 19.1 Å². The van der Waals surface area contributed by atoms with Crippen molar-refractivity contribution in [2.75, 3.05) is 23.7 Å². The number of nitrogens with two attached hydrogens (primary N) is 1. The predicted molar refractivity (Wildman–Crippen MR) is 173 cm³/mol. The largest absolute Gasteiger partial charge is 0.398 e. The van der Waals surface area contributed by atoms with Gasteiger partial charge in [-0.15, -0.1) is 0 Å². The molecule has 2 N–H and O–H groups in total. The van der Waals surface area contributed by atoms with Crippen LogP contribution in [0.2, 0.25) is 0 Å². The Kier molecular flexibility index (Phi) is 8.18. The van der Waals surface area contributed by atoms with Crippen LogP contribution in [0.25, 0.3) is 11.6 Å². The maximum atomic E-state index is 10.2. The SMILES string of the molecule is C=C(C)c1cccc(C(C)C2c3nc(CC4=CCCN(c5ccc(C)cc5)CC4)cc(C#N)c3C=C(C)C2C)c1N. The smallest absolute Gasteiger partial charge is 0.0999 e. The molecular weight excluding hydrogens is 500 g/mol. The van der Waals surface area contributed by atoms with Crippen LogP contribution in [-0.4, -0.2) is 18.1 Å².